The monoisotopic (exact) mass is 477 g/mol. The van der Waals surface area contributed by atoms with Crippen molar-refractivity contribution >= 4 is 33.4 Å². The van der Waals surface area contributed by atoms with Crippen molar-refractivity contribution in [2.24, 2.45) is 7.05 Å². The first kappa shape index (κ1) is 26.3. The zero-order valence-electron chi connectivity index (χ0n) is 20.1. The molecule has 0 saturated heterocycles. The van der Waals surface area contributed by atoms with Crippen LogP contribution in [0, 0.1) is 13.8 Å². The molecule has 0 saturated carbocycles. The number of ether oxygens (including phenoxy) is 1. The number of hydrogen-bond acceptors (Lipinski definition) is 6. The Kier molecular flexibility index (Phi) is 8.20. The molecule has 1 aromatic carbocycles. The molecule has 1 amide bonds. The predicted octanol–water partition coefficient (Wildman–Crippen LogP) is 3.06. The van der Waals surface area contributed by atoms with E-state index in [1.54, 1.807) is 46.2 Å². The highest BCUT2D eigenvalue weighted by Crippen LogP contribution is 2.25. The average molecular weight is 478 g/mol. The number of Topliss-reactive ketones (excluding diaryl/α,β-unsaturated/α-hetero) is 1. The third kappa shape index (κ3) is 5.51. The first-order valence-corrected chi connectivity index (χ1v) is 12.0. The highest BCUT2D eigenvalue weighted by molar-refractivity contribution is 7.89. The molecule has 2 aromatic rings. The van der Waals surface area contributed by atoms with Gasteiger partial charge in [-0.1, -0.05) is 0 Å². The number of carbonyl (C=O) groups is 3. The number of esters is 1. The third-order valence-corrected chi connectivity index (χ3v) is 7.37. The molecule has 0 aliphatic rings. The minimum atomic E-state index is -4.00. The summed E-state index contributed by atoms with van der Waals surface area (Å²) in [6, 6.07) is 5.26. The normalized spacial score (nSPS) is 11.7. The Balaban J connectivity index is 2.41. The van der Waals surface area contributed by atoms with Crippen molar-refractivity contribution in [3.63, 3.8) is 0 Å². The molecule has 1 aromatic heterocycles. The van der Waals surface area contributed by atoms with Crippen molar-refractivity contribution in [1.82, 2.24) is 8.87 Å². The Morgan fingerprint density at radius 1 is 1.12 bits per heavy atom. The van der Waals surface area contributed by atoms with Crippen LogP contribution in [0.15, 0.2) is 29.2 Å². The number of rotatable bonds is 9. The Morgan fingerprint density at radius 2 is 1.70 bits per heavy atom. The zero-order chi connectivity index (χ0) is 25.1. The van der Waals surface area contributed by atoms with Crippen molar-refractivity contribution in [3.05, 3.63) is 46.8 Å². The van der Waals surface area contributed by atoms with E-state index in [2.05, 4.69) is 5.32 Å². The molecule has 0 fully saturated rings. The van der Waals surface area contributed by atoms with E-state index in [1.807, 2.05) is 0 Å². The number of anilines is 1. The van der Waals surface area contributed by atoms with Crippen LogP contribution in [0.4, 0.5) is 5.69 Å². The molecule has 9 nitrogen and oxygen atoms in total. The van der Waals surface area contributed by atoms with Crippen molar-refractivity contribution in [1.29, 1.82) is 0 Å². The van der Waals surface area contributed by atoms with E-state index >= 15 is 0 Å². The molecule has 1 N–H and O–H groups in total. The lowest BCUT2D eigenvalue weighted by molar-refractivity contribution is -0.114. The Bertz CT molecular complexity index is 1160. The summed E-state index contributed by atoms with van der Waals surface area (Å²) in [7, 11) is -2.34. The van der Waals surface area contributed by atoms with Gasteiger partial charge in [-0.2, -0.15) is 4.31 Å². The minimum Gasteiger partial charge on any atom is -0.461 e. The summed E-state index contributed by atoms with van der Waals surface area (Å²) in [4.78, 5) is 36.8. The third-order valence-electron chi connectivity index (χ3n) is 5.33. The van der Waals surface area contributed by atoms with Gasteiger partial charge in [-0.3, -0.25) is 9.59 Å². The number of carbonyl (C=O) groups excluding carboxylic acids is 3. The maximum Gasteiger partial charge on any atom is 0.355 e. The topological polar surface area (TPSA) is 115 Å². The fourth-order valence-corrected chi connectivity index (χ4v) is 5.28. The zero-order valence-corrected chi connectivity index (χ0v) is 20.9. The highest BCUT2D eigenvalue weighted by Gasteiger charge is 2.32. The van der Waals surface area contributed by atoms with Gasteiger partial charge in [0.2, 0.25) is 15.9 Å². The van der Waals surface area contributed by atoms with Crippen LogP contribution in [0.3, 0.4) is 0 Å². The van der Waals surface area contributed by atoms with E-state index in [0.29, 0.717) is 22.5 Å². The fraction of sp³-hybridized carbons (Fsp3) is 0.435. The largest absolute Gasteiger partial charge is 0.461 e. The van der Waals surface area contributed by atoms with Crippen molar-refractivity contribution in [2.75, 3.05) is 18.5 Å². The molecule has 180 valence electrons. The Morgan fingerprint density at radius 3 is 2.18 bits per heavy atom. The summed E-state index contributed by atoms with van der Waals surface area (Å²) < 4.78 is 34.4. The van der Waals surface area contributed by atoms with Crippen molar-refractivity contribution in [3.8, 4) is 0 Å². The number of amides is 1. The molecule has 0 aliphatic heterocycles. The van der Waals surface area contributed by atoms with Crippen LogP contribution in [0.1, 0.15) is 59.8 Å². The van der Waals surface area contributed by atoms with Crippen LogP contribution >= 0.6 is 0 Å². The van der Waals surface area contributed by atoms with Gasteiger partial charge in [-0.05, 0) is 64.4 Å². The minimum absolute atomic E-state index is 0.00631. The van der Waals surface area contributed by atoms with E-state index in [9.17, 15) is 22.8 Å². The molecule has 1 heterocycles. The second-order valence-electron chi connectivity index (χ2n) is 7.99. The molecule has 10 heteroatoms. The van der Waals surface area contributed by atoms with Crippen LogP contribution < -0.4 is 5.32 Å². The highest BCUT2D eigenvalue weighted by atomic mass is 32.2. The average Bonchev–Trinajstić information content (AvgIpc) is 2.94. The maximum absolute atomic E-state index is 13.3. The molecule has 0 radical (unpaired) electrons. The summed E-state index contributed by atoms with van der Waals surface area (Å²) in [5.74, 6) is -1.22. The van der Waals surface area contributed by atoms with E-state index in [-0.39, 0.29) is 29.6 Å². The molecule has 2 rings (SSSR count). The SMILES string of the molecule is CCOC(=O)c1c(C)c(C(=O)CN(C(C)C)S(=O)(=O)c2ccc(NC(C)=O)cc2)c(C)n1C. The molecule has 0 atom stereocenters. The van der Waals surface area contributed by atoms with E-state index < -0.39 is 27.8 Å². The molecule has 0 spiro atoms. The molecular formula is C23H31N3O6S. The van der Waals surface area contributed by atoms with Crippen LogP contribution in [0.2, 0.25) is 0 Å². The van der Waals surface area contributed by atoms with Crippen LogP contribution in [-0.2, 0) is 26.6 Å². The number of hydrogen-bond donors (Lipinski definition) is 1. The Hall–Kier alpha value is -2.98. The number of aromatic nitrogens is 1. The van der Waals surface area contributed by atoms with Crippen molar-refractivity contribution in [2.45, 2.75) is 52.5 Å². The van der Waals surface area contributed by atoms with Gasteiger partial charge in [-0.25, -0.2) is 13.2 Å². The summed E-state index contributed by atoms with van der Waals surface area (Å²) in [6.07, 6.45) is 0. The van der Waals surface area contributed by atoms with Crippen LogP contribution in [0.25, 0.3) is 0 Å². The maximum atomic E-state index is 13.3. The quantitative estimate of drug-likeness (QED) is 0.438. The summed E-state index contributed by atoms with van der Waals surface area (Å²) in [5.41, 5.74) is 2.06. The Labute approximate surface area is 194 Å². The first-order valence-electron chi connectivity index (χ1n) is 10.6. The van der Waals surface area contributed by atoms with Gasteiger partial charge in [-0.15, -0.1) is 0 Å². The molecule has 0 aliphatic carbocycles. The van der Waals surface area contributed by atoms with E-state index in [0.717, 1.165) is 4.31 Å². The number of nitrogens with one attached hydrogen (secondary N) is 1. The van der Waals surface area contributed by atoms with Gasteiger partial charge in [0.1, 0.15) is 5.69 Å². The van der Waals surface area contributed by atoms with Gasteiger partial charge >= 0.3 is 5.97 Å². The summed E-state index contributed by atoms with van der Waals surface area (Å²) >= 11 is 0. The van der Waals surface area contributed by atoms with E-state index in [4.69, 9.17) is 4.74 Å². The molecular weight excluding hydrogens is 446 g/mol. The first-order chi connectivity index (χ1) is 15.3. The smallest absolute Gasteiger partial charge is 0.355 e. The molecule has 0 bridgehead atoms. The summed E-state index contributed by atoms with van der Waals surface area (Å²) in [6.45, 7) is 9.60. The molecule has 0 unspecified atom stereocenters. The number of benzene rings is 1. The fourth-order valence-electron chi connectivity index (χ4n) is 3.69. The lowest BCUT2D eigenvalue weighted by atomic mass is 10.1. The van der Waals surface area contributed by atoms with Gasteiger partial charge in [0, 0.05) is 37.0 Å². The van der Waals surface area contributed by atoms with Crippen molar-refractivity contribution < 1.29 is 27.5 Å². The van der Waals surface area contributed by atoms with Crippen LogP contribution in [-0.4, -0.2) is 54.1 Å². The van der Waals surface area contributed by atoms with Crippen LogP contribution in [0.5, 0.6) is 0 Å². The van der Waals surface area contributed by atoms with Gasteiger partial charge in [0.15, 0.2) is 5.78 Å². The number of ketones is 1. The van der Waals surface area contributed by atoms with E-state index in [1.165, 1.54) is 31.2 Å². The predicted molar refractivity (Wildman–Crippen MR) is 125 cm³/mol. The summed E-state index contributed by atoms with van der Waals surface area (Å²) in [5, 5.41) is 2.59. The number of sulfonamides is 1. The lowest BCUT2D eigenvalue weighted by Crippen LogP contribution is -2.40. The van der Waals surface area contributed by atoms with Gasteiger partial charge < -0.3 is 14.6 Å². The van der Waals surface area contributed by atoms with Gasteiger partial charge in [0.05, 0.1) is 18.0 Å². The van der Waals surface area contributed by atoms with Gasteiger partial charge in [0.25, 0.3) is 0 Å². The second kappa shape index (κ2) is 10.3. The number of nitrogens with zero attached hydrogens (tertiary/aromatic N) is 2. The molecule has 33 heavy (non-hydrogen) atoms. The standard InChI is InChI=1S/C23H31N3O6S/c1-8-32-23(29)22-15(4)21(16(5)25(22)7)20(28)13-26(14(2)3)33(30,31)19-11-9-18(10-12-19)24-17(6)27/h9-12,14H,8,13H2,1-7H3,(H,24,27). The lowest BCUT2D eigenvalue weighted by Gasteiger charge is -2.25. The second-order valence-corrected chi connectivity index (χ2v) is 9.88.